The molecular weight excluding hydrogens is 242 g/mol. The van der Waals surface area contributed by atoms with Crippen LogP contribution in [0.1, 0.15) is 46.5 Å². The van der Waals surface area contributed by atoms with E-state index in [1.807, 2.05) is 0 Å². The van der Waals surface area contributed by atoms with Crippen LogP contribution in [0.15, 0.2) is 0 Å². The molecule has 4 atom stereocenters. The van der Waals surface area contributed by atoms with E-state index in [9.17, 15) is 4.79 Å². The molecule has 1 aliphatic heterocycles. The average molecular weight is 269 g/mol. The van der Waals surface area contributed by atoms with Crippen molar-refractivity contribution in [1.82, 2.24) is 4.90 Å². The van der Waals surface area contributed by atoms with Gasteiger partial charge in [-0.2, -0.15) is 11.8 Å². The van der Waals surface area contributed by atoms with Gasteiger partial charge in [-0.15, -0.1) is 0 Å². The number of hydrogen-bond donors (Lipinski definition) is 0. The molecule has 0 aromatic rings. The first-order valence-corrected chi connectivity index (χ1v) is 8.55. The fourth-order valence-electron chi connectivity index (χ4n) is 3.29. The largest absolute Gasteiger partial charge is 0.299 e. The molecule has 1 heterocycles. The molecule has 0 aromatic carbocycles. The van der Waals surface area contributed by atoms with Crippen LogP contribution in [0.2, 0.25) is 0 Å². The van der Waals surface area contributed by atoms with Gasteiger partial charge in [-0.3, -0.25) is 9.69 Å². The number of rotatable bonds is 3. The van der Waals surface area contributed by atoms with Gasteiger partial charge in [0.15, 0.2) is 0 Å². The standard InChI is InChI=1S/C15H27NOS/c1-4-13-5-6-15(17)14(9-13)10-16-7-8-18-12(3)11(16)2/h11-14H,4-10H2,1-3H3. The zero-order valence-electron chi connectivity index (χ0n) is 12.0. The summed E-state index contributed by atoms with van der Waals surface area (Å²) in [5, 5.41) is 0.708. The van der Waals surface area contributed by atoms with Gasteiger partial charge in [0.1, 0.15) is 5.78 Å². The first-order chi connectivity index (χ1) is 8.61. The molecular formula is C15H27NOS. The molecule has 1 saturated carbocycles. The minimum atomic E-state index is 0.321. The minimum Gasteiger partial charge on any atom is -0.299 e. The zero-order chi connectivity index (χ0) is 13.1. The first-order valence-electron chi connectivity index (χ1n) is 7.50. The Bertz CT molecular complexity index is 294. The summed E-state index contributed by atoms with van der Waals surface area (Å²) in [6.45, 7) is 9.08. The maximum Gasteiger partial charge on any atom is 0.137 e. The summed E-state index contributed by atoms with van der Waals surface area (Å²) >= 11 is 2.07. The van der Waals surface area contributed by atoms with E-state index in [0.717, 1.165) is 38.3 Å². The molecule has 0 N–H and O–H groups in total. The van der Waals surface area contributed by atoms with Crippen LogP contribution in [0.25, 0.3) is 0 Å². The summed E-state index contributed by atoms with van der Waals surface area (Å²) in [6.07, 6.45) is 4.34. The van der Waals surface area contributed by atoms with Crippen LogP contribution >= 0.6 is 11.8 Å². The Hall–Kier alpha value is -0.0200. The molecule has 3 heteroatoms. The SMILES string of the molecule is CCC1CCC(=O)C(CN2CCSC(C)C2C)C1. The van der Waals surface area contributed by atoms with Crippen molar-refractivity contribution in [2.75, 3.05) is 18.8 Å². The van der Waals surface area contributed by atoms with Gasteiger partial charge in [0, 0.05) is 42.5 Å². The topological polar surface area (TPSA) is 20.3 Å². The summed E-state index contributed by atoms with van der Waals surface area (Å²) < 4.78 is 0. The number of carbonyl (C=O) groups excluding carboxylic acids is 1. The highest BCUT2D eigenvalue weighted by molar-refractivity contribution is 8.00. The second kappa shape index (κ2) is 6.42. The smallest absolute Gasteiger partial charge is 0.137 e. The van der Waals surface area contributed by atoms with Crippen molar-refractivity contribution in [2.24, 2.45) is 11.8 Å². The van der Waals surface area contributed by atoms with E-state index in [4.69, 9.17) is 0 Å². The molecule has 0 spiro atoms. The molecule has 104 valence electrons. The normalized spacial score (nSPS) is 38.9. The third-order valence-electron chi connectivity index (χ3n) is 4.92. The predicted molar refractivity (Wildman–Crippen MR) is 79.1 cm³/mol. The average Bonchev–Trinajstić information content (AvgIpc) is 2.37. The second-order valence-electron chi connectivity index (χ2n) is 6.02. The molecule has 0 radical (unpaired) electrons. The Morgan fingerprint density at radius 1 is 1.39 bits per heavy atom. The lowest BCUT2D eigenvalue weighted by Crippen LogP contribution is -2.48. The number of Topliss-reactive ketones (excluding diaryl/α,β-unsaturated/α-hetero) is 1. The molecule has 2 rings (SSSR count). The molecule has 0 amide bonds. The third-order valence-corrected chi connectivity index (χ3v) is 6.26. The van der Waals surface area contributed by atoms with Crippen LogP contribution in [-0.2, 0) is 4.79 Å². The van der Waals surface area contributed by atoms with Crippen molar-refractivity contribution in [3.63, 3.8) is 0 Å². The fourth-order valence-corrected chi connectivity index (χ4v) is 4.45. The van der Waals surface area contributed by atoms with Gasteiger partial charge in [-0.05, 0) is 25.7 Å². The third kappa shape index (κ3) is 3.30. The monoisotopic (exact) mass is 269 g/mol. The van der Waals surface area contributed by atoms with Crippen molar-refractivity contribution in [1.29, 1.82) is 0 Å². The van der Waals surface area contributed by atoms with Crippen molar-refractivity contribution in [3.8, 4) is 0 Å². The summed E-state index contributed by atoms with van der Waals surface area (Å²) in [5.74, 6) is 2.86. The minimum absolute atomic E-state index is 0.321. The quantitative estimate of drug-likeness (QED) is 0.785. The Morgan fingerprint density at radius 3 is 2.89 bits per heavy atom. The molecule has 2 fully saturated rings. The molecule has 4 unspecified atom stereocenters. The van der Waals surface area contributed by atoms with Crippen molar-refractivity contribution >= 4 is 17.5 Å². The van der Waals surface area contributed by atoms with Crippen LogP contribution in [0, 0.1) is 11.8 Å². The number of thioether (sulfide) groups is 1. The van der Waals surface area contributed by atoms with Crippen LogP contribution in [-0.4, -0.2) is 40.8 Å². The highest BCUT2D eigenvalue weighted by Crippen LogP contribution is 2.31. The van der Waals surface area contributed by atoms with E-state index in [1.54, 1.807) is 0 Å². The summed E-state index contributed by atoms with van der Waals surface area (Å²) in [5.41, 5.74) is 0. The van der Waals surface area contributed by atoms with E-state index in [-0.39, 0.29) is 0 Å². The Kier molecular flexibility index (Phi) is 5.14. The molecule has 18 heavy (non-hydrogen) atoms. The van der Waals surface area contributed by atoms with Crippen molar-refractivity contribution in [3.05, 3.63) is 0 Å². The molecule has 0 bridgehead atoms. The van der Waals surface area contributed by atoms with Crippen LogP contribution in [0.5, 0.6) is 0 Å². The lowest BCUT2D eigenvalue weighted by molar-refractivity contribution is -0.126. The summed E-state index contributed by atoms with van der Waals surface area (Å²) in [6, 6.07) is 0.624. The first kappa shape index (κ1) is 14.4. The lowest BCUT2D eigenvalue weighted by atomic mass is 9.79. The molecule has 2 aliphatic rings. The second-order valence-corrected chi connectivity index (χ2v) is 7.51. The number of carbonyl (C=O) groups is 1. The molecule has 2 nitrogen and oxygen atoms in total. The van der Waals surface area contributed by atoms with Gasteiger partial charge in [-0.25, -0.2) is 0 Å². The predicted octanol–water partition coefficient (Wildman–Crippen LogP) is 3.21. The lowest BCUT2D eigenvalue weighted by Gasteiger charge is -2.40. The van der Waals surface area contributed by atoms with E-state index in [2.05, 4.69) is 37.4 Å². The van der Waals surface area contributed by atoms with Gasteiger partial charge >= 0.3 is 0 Å². The summed E-state index contributed by atoms with van der Waals surface area (Å²) in [4.78, 5) is 14.6. The molecule has 0 aromatic heterocycles. The highest BCUT2D eigenvalue weighted by atomic mass is 32.2. The van der Waals surface area contributed by atoms with Gasteiger partial charge in [0.05, 0.1) is 0 Å². The van der Waals surface area contributed by atoms with Crippen molar-refractivity contribution < 1.29 is 4.79 Å². The highest BCUT2D eigenvalue weighted by Gasteiger charge is 2.32. The number of ketones is 1. The van der Waals surface area contributed by atoms with Gasteiger partial charge in [0.2, 0.25) is 0 Å². The van der Waals surface area contributed by atoms with Gasteiger partial charge in [-0.1, -0.05) is 20.3 Å². The van der Waals surface area contributed by atoms with E-state index in [0.29, 0.717) is 23.0 Å². The zero-order valence-corrected chi connectivity index (χ0v) is 12.8. The van der Waals surface area contributed by atoms with Gasteiger partial charge < -0.3 is 0 Å². The van der Waals surface area contributed by atoms with Crippen LogP contribution in [0.4, 0.5) is 0 Å². The summed E-state index contributed by atoms with van der Waals surface area (Å²) in [7, 11) is 0. The van der Waals surface area contributed by atoms with E-state index < -0.39 is 0 Å². The molecule has 1 aliphatic carbocycles. The number of hydrogen-bond acceptors (Lipinski definition) is 3. The molecule has 1 saturated heterocycles. The van der Waals surface area contributed by atoms with Gasteiger partial charge in [0.25, 0.3) is 0 Å². The Morgan fingerprint density at radius 2 is 2.17 bits per heavy atom. The Labute approximate surface area is 116 Å². The Balaban J connectivity index is 1.92. The number of nitrogens with zero attached hydrogens (tertiary/aromatic N) is 1. The van der Waals surface area contributed by atoms with Crippen molar-refractivity contribution in [2.45, 2.75) is 57.7 Å². The maximum absolute atomic E-state index is 12.1. The maximum atomic E-state index is 12.1. The van der Waals surface area contributed by atoms with E-state index >= 15 is 0 Å². The fraction of sp³-hybridized carbons (Fsp3) is 0.933. The van der Waals surface area contributed by atoms with Crippen LogP contribution < -0.4 is 0 Å². The van der Waals surface area contributed by atoms with Crippen LogP contribution in [0.3, 0.4) is 0 Å². The van der Waals surface area contributed by atoms with E-state index in [1.165, 1.54) is 12.2 Å².